The van der Waals surface area contributed by atoms with Crippen LogP contribution in [0.1, 0.15) is 36.8 Å². The van der Waals surface area contributed by atoms with Gasteiger partial charge >= 0.3 is 0 Å². The molecule has 1 saturated heterocycles. The molecular weight excluding hydrogens is 201 g/mol. The van der Waals surface area contributed by atoms with Crippen LogP contribution in [-0.2, 0) is 5.54 Å². The van der Waals surface area contributed by atoms with Gasteiger partial charge in [0.25, 0.3) is 0 Å². The molecule has 1 nitrogen and oxygen atoms in total. The highest BCUT2D eigenvalue weighted by Crippen LogP contribution is 2.50. The Hall–Kier alpha value is -0.890. The number of aryl methyl sites for hydroxylation is 1. The van der Waals surface area contributed by atoms with Crippen LogP contribution in [0.2, 0.25) is 0 Å². The summed E-state index contributed by atoms with van der Waals surface area (Å²) in [7, 11) is 0. The van der Waals surface area contributed by atoms with Crippen molar-refractivity contribution in [3.8, 4) is 0 Å². The third-order valence-electron chi connectivity index (χ3n) is 4.07. The van der Waals surface area contributed by atoms with E-state index in [9.17, 15) is 4.39 Å². The Kier molecular flexibility index (Phi) is 2.28. The number of hydrogen-bond acceptors (Lipinski definition) is 1. The molecule has 1 aliphatic heterocycles. The van der Waals surface area contributed by atoms with Crippen molar-refractivity contribution in [3.05, 3.63) is 35.1 Å². The van der Waals surface area contributed by atoms with Crippen LogP contribution in [0.15, 0.2) is 18.2 Å². The molecule has 0 bridgehead atoms. The van der Waals surface area contributed by atoms with Crippen LogP contribution in [0.5, 0.6) is 0 Å². The minimum absolute atomic E-state index is 0.0353. The quantitative estimate of drug-likeness (QED) is 0.805. The van der Waals surface area contributed by atoms with Crippen molar-refractivity contribution in [1.82, 2.24) is 5.32 Å². The van der Waals surface area contributed by atoms with Gasteiger partial charge in [-0.05, 0) is 51.1 Å². The van der Waals surface area contributed by atoms with Crippen molar-refractivity contribution in [3.63, 3.8) is 0 Å². The molecule has 1 saturated carbocycles. The van der Waals surface area contributed by atoms with E-state index in [1.54, 1.807) is 6.07 Å². The van der Waals surface area contributed by atoms with Gasteiger partial charge in [0.2, 0.25) is 0 Å². The van der Waals surface area contributed by atoms with Crippen molar-refractivity contribution in [2.45, 2.75) is 38.1 Å². The molecule has 1 unspecified atom stereocenters. The highest BCUT2D eigenvalue weighted by Gasteiger charge is 2.49. The summed E-state index contributed by atoms with van der Waals surface area (Å²) in [6.45, 7) is 3.07. The number of benzene rings is 1. The van der Waals surface area contributed by atoms with Gasteiger partial charge in [-0.25, -0.2) is 4.39 Å². The van der Waals surface area contributed by atoms with E-state index < -0.39 is 0 Å². The SMILES string of the molecule is Cc1ccc(F)c(C2(C3CC3)CCCN2)c1. The largest absolute Gasteiger partial charge is 0.307 e. The van der Waals surface area contributed by atoms with Crippen molar-refractivity contribution in [1.29, 1.82) is 0 Å². The van der Waals surface area contributed by atoms with E-state index in [0.717, 1.165) is 24.1 Å². The molecule has 2 fully saturated rings. The fraction of sp³-hybridized carbons (Fsp3) is 0.571. The van der Waals surface area contributed by atoms with Gasteiger partial charge in [-0.15, -0.1) is 0 Å². The van der Waals surface area contributed by atoms with Crippen LogP contribution >= 0.6 is 0 Å². The molecule has 2 heteroatoms. The third kappa shape index (κ3) is 1.47. The van der Waals surface area contributed by atoms with E-state index in [0.29, 0.717) is 5.92 Å². The van der Waals surface area contributed by atoms with Gasteiger partial charge in [0, 0.05) is 11.1 Å². The van der Waals surface area contributed by atoms with Crippen LogP contribution in [0.25, 0.3) is 0 Å². The van der Waals surface area contributed by atoms with Crippen molar-refractivity contribution in [2.24, 2.45) is 5.92 Å². The zero-order chi connectivity index (χ0) is 11.2. The summed E-state index contributed by atoms with van der Waals surface area (Å²) in [5.41, 5.74) is 2.02. The topological polar surface area (TPSA) is 12.0 Å². The Morgan fingerprint density at radius 3 is 2.81 bits per heavy atom. The predicted molar refractivity (Wildman–Crippen MR) is 62.8 cm³/mol. The van der Waals surface area contributed by atoms with Crippen molar-refractivity contribution in [2.75, 3.05) is 6.54 Å². The lowest BCUT2D eigenvalue weighted by Gasteiger charge is -2.31. The minimum Gasteiger partial charge on any atom is -0.307 e. The molecule has 1 N–H and O–H groups in total. The van der Waals surface area contributed by atoms with Crippen molar-refractivity contribution < 1.29 is 4.39 Å². The molecule has 1 aromatic rings. The summed E-state index contributed by atoms with van der Waals surface area (Å²) >= 11 is 0. The first-order valence-electron chi connectivity index (χ1n) is 6.24. The molecule has 1 heterocycles. The van der Waals surface area contributed by atoms with Crippen LogP contribution in [-0.4, -0.2) is 6.54 Å². The molecule has 0 aromatic heterocycles. The second kappa shape index (κ2) is 3.56. The Morgan fingerprint density at radius 2 is 2.19 bits per heavy atom. The van der Waals surface area contributed by atoms with Crippen LogP contribution < -0.4 is 5.32 Å². The van der Waals surface area contributed by atoms with Gasteiger partial charge in [-0.1, -0.05) is 17.7 Å². The number of hydrogen-bond donors (Lipinski definition) is 1. The molecule has 0 radical (unpaired) electrons. The average molecular weight is 219 g/mol. The van der Waals surface area contributed by atoms with Crippen molar-refractivity contribution >= 4 is 0 Å². The third-order valence-corrected chi connectivity index (χ3v) is 4.07. The number of rotatable bonds is 2. The summed E-state index contributed by atoms with van der Waals surface area (Å²) < 4.78 is 14.0. The molecular formula is C14H18FN. The Morgan fingerprint density at radius 1 is 1.38 bits per heavy atom. The van der Waals surface area contributed by atoms with Gasteiger partial charge in [0.1, 0.15) is 5.82 Å². The Balaban J connectivity index is 2.08. The van der Waals surface area contributed by atoms with Crippen LogP contribution in [0, 0.1) is 18.7 Å². The molecule has 86 valence electrons. The number of halogens is 1. The van der Waals surface area contributed by atoms with Gasteiger partial charge in [-0.2, -0.15) is 0 Å². The maximum Gasteiger partial charge on any atom is 0.128 e. The first-order valence-corrected chi connectivity index (χ1v) is 6.24. The molecule has 0 spiro atoms. The standard InChI is InChI=1S/C14H18FN/c1-10-3-6-13(15)12(9-10)14(11-4-5-11)7-2-8-16-14/h3,6,9,11,16H,2,4-5,7-8H2,1H3. The van der Waals surface area contributed by atoms with Crippen LogP contribution in [0.3, 0.4) is 0 Å². The monoisotopic (exact) mass is 219 g/mol. The highest BCUT2D eigenvalue weighted by atomic mass is 19.1. The van der Waals surface area contributed by atoms with Gasteiger partial charge < -0.3 is 5.32 Å². The number of nitrogens with one attached hydrogen (secondary N) is 1. The average Bonchev–Trinajstić information content (AvgIpc) is 3.02. The minimum atomic E-state index is -0.0455. The lowest BCUT2D eigenvalue weighted by molar-refractivity contribution is 0.322. The summed E-state index contributed by atoms with van der Waals surface area (Å²) in [5, 5.41) is 3.58. The normalized spacial score (nSPS) is 29.6. The van der Waals surface area contributed by atoms with E-state index in [1.165, 1.54) is 19.3 Å². The summed E-state index contributed by atoms with van der Waals surface area (Å²) in [4.78, 5) is 0. The van der Waals surface area contributed by atoms with Gasteiger partial charge in [-0.3, -0.25) is 0 Å². The first-order chi connectivity index (χ1) is 7.72. The molecule has 2 aliphatic rings. The zero-order valence-corrected chi connectivity index (χ0v) is 9.72. The maximum absolute atomic E-state index is 14.0. The molecule has 0 amide bonds. The summed E-state index contributed by atoms with van der Waals surface area (Å²) in [6, 6.07) is 5.51. The molecule has 1 aromatic carbocycles. The summed E-state index contributed by atoms with van der Waals surface area (Å²) in [6.07, 6.45) is 4.77. The van der Waals surface area contributed by atoms with E-state index >= 15 is 0 Å². The first kappa shape index (κ1) is 10.3. The molecule has 16 heavy (non-hydrogen) atoms. The Bertz CT molecular complexity index is 403. The fourth-order valence-corrected chi connectivity index (χ4v) is 3.12. The van der Waals surface area contributed by atoms with E-state index in [-0.39, 0.29) is 11.4 Å². The predicted octanol–water partition coefficient (Wildman–Crippen LogP) is 3.12. The fourth-order valence-electron chi connectivity index (χ4n) is 3.12. The second-order valence-electron chi connectivity index (χ2n) is 5.26. The molecule has 1 aliphatic carbocycles. The lowest BCUT2D eigenvalue weighted by Crippen LogP contribution is -2.39. The Labute approximate surface area is 96.1 Å². The maximum atomic E-state index is 14.0. The van der Waals surface area contributed by atoms with Gasteiger partial charge in [0.15, 0.2) is 0 Å². The van der Waals surface area contributed by atoms with E-state index in [4.69, 9.17) is 0 Å². The zero-order valence-electron chi connectivity index (χ0n) is 9.72. The van der Waals surface area contributed by atoms with Gasteiger partial charge in [0.05, 0.1) is 0 Å². The summed E-state index contributed by atoms with van der Waals surface area (Å²) in [5.74, 6) is 0.623. The lowest BCUT2D eigenvalue weighted by atomic mass is 9.82. The second-order valence-corrected chi connectivity index (χ2v) is 5.26. The highest BCUT2D eigenvalue weighted by molar-refractivity contribution is 5.33. The smallest absolute Gasteiger partial charge is 0.128 e. The molecule has 3 rings (SSSR count). The van der Waals surface area contributed by atoms with Crippen LogP contribution in [0.4, 0.5) is 4.39 Å². The van der Waals surface area contributed by atoms with E-state index in [1.807, 2.05) is 19.1 Å². The molecule has 1 atom stereocenters. The van der Waals surface area contributed by atoms with E-state index in [2.05, 4.69) is 5.32 Å².